The molecule has 2 saturated carbocycles. The van der Waals surface area contributed by atoms with Crippen LogP contribution in [-0.2, 0) is 4.79 Å². The normalized spacial score (nSPS) is 24.6. The summed E-state index contributed by atoms with van der Waals surface area (Å²) in [6, 6.07) is 3.43. The fraction of sp³-hybridized carbons (Fsp3) is 0.500. The predicted molar refractivity (Wildman–Crippen MR) is 79.1 cm³/mol. The minimum absolute atomic E-state index is 0.0442. The minimum atomic E-state index is -0.247. The van der Waals surface area contributed by atoms with E-state index >= 15 is 0 Å². The van der Waals surface area contributed by atoms with Crippen LogP contribution in [0.3, 0.4) is 0 Å². The van der Waals surface area contributed by atoms with Crippen molar-refractivity contribution in [1.29, 1.82) is 0 Å². The molecule has 0 aliphatic heterocycles. The second kappa shape index (κ2) is 4.94. The minimum Gasteiger partial charge on any atom is -0.487 e. The van der Waals surface area contributed by atoms with E-state index in [0.29, 0.717) is 28.0 Å². The fourth-order valence-corrected chi connectivity index (χ4v) is 3.96. The highest BCUT2D eigenvalue weighted by atomic mass is 79.9. The third-order valence-electron chi connectivity index (χ3n) is 4.28. The Hall–Kier alpha value is -0.250. The molecular formula is C14H13BrCl2O2. The number of hydrogen-bond donors (Lipinski definition) is 0. The number of halogens is 3. The maximum atomic E-state index is 11.9. The van der Waals surface area contributed by atoms with Gasteiger partial charge in [0, 0.05) is 17.0 Å². The Balaban J connectivity index is 1.83. The Morgan fingerprint density at radius 3 is 2.53 bits per heavy atom. The molecule has 3 rings (SSSR count). The molecule has 1 aromatic rings. The molecule has 2 aliphatic carbocycles. The third kappa shape index (κ3) is 2.20. The molecule has 2 nitrogen and oxygen atoms in total. The second-order valence-electron chi connectivity index (χ2n) is 5.29. The van der Waals surface area contributed by atoms with E-state index in [9.17, 15) is 4.79 Å². The Labute approximate surface area is 130 Å². The molecule has 0 radical (unpaired) electrons. The number of carbonyl (C=O) groups is 1. The summed E-state index contributed by atoms with van der Waals surface area (Å²) in [6.07, 6.45) is 4.55. The molecule has 2 fully saturated rings. The van der Waals surface area contributed by atoms with E-state index in [1.165, 1.54) is 0 Å². The van der Waals surface area contributed by atoms with Crippen LogP contribution in [-0.4, -0.2) is 11.9 Å². The Morgan fingerprint density at radius 1 is 1.21 bits per heavy atom. The maximum absolute atomic E-state index is 11.9. The fourth-order valence-electron chi connectivity index (χ4n) is 3.12. The molecule has 102 valence electrons. The van der Waals surface area contributed by atoms with Crippen molar-refractivity contribution in [2.45, 2.75) is 38.2 Å². The van der Waals surface area contributed by atoms with E-state index in [1.807, 2.05) is 0 Å². The Morgan fingerprint density at radius 2 is 1.89 bits per heavy atom. The molecule has 0 N–H and O–H groups in total. The van der Waals surface area contributed by atoms with Crippen LogP contribution >= 0.6 is 39.1 Å². The van der Waals surface area contributed by atoms with Crippen molar-refractivity contribution in [3.8, 4) is 5.75 Å². The molecule has 19 heavy (non-hydrogen) atoms. The van der Waals surface area contributed by atoms with E-state index in [2.05, 4.69) is 15.9 Å². The van der Waals surface area contributed by atoms with E-state index in [-0.39, 0.29) is 11.5 Å². The van der Waals surface area contributed by atoms with Gasteiger partial charge in [-0.15, -0.1) is 0 Å². The zero-order valence-corrected chi connectivity index (χ0v) is 13.3. The summed E-state index contributed by atoms with van der Waals surface area (Å²) in [5.74, 6) is 0.910. The van der Waals surface area contributed by atoms with Crippen LogP contribution in [0.5, 0.6) is 5.75 Å². The number of rotatable bonds is 2. The van der Waals surface area contributed by atoms with Crippen LogP contribution in [0.25, 0.3) is 0 Å². The van der Waals surface area contributed by atoms with Crippen LogP contribution in [0.15, 0.2) is 16.6 Å². The largest absolute Gasteiger partial charge is 0.487 e. The summed E-state index contributed by atoms with van der Waals surface area (Å²) in [7, 11) is 0. The average Bonchev–Trinajstić information content (AvgIpc) is 2.87. The first-order chi connectivity index (χ1) is 9.03. The predicted octanol–water partition coefficient (Wildman–Crippen LogP) is 5.04. The summed E-state index contributed by atoms with van der Waals surface area (Å²) in [5, 5.41) is 1.08. The van der Waals surface area contributed by atoms with Crippen LogP contribution in [0.2, 0.25) is 10.0 Å². The topological polar surface area (TPSA) is 26.3 Å². The van der Waals surface area contributed by atoms with E-state index in [1.54, 1.807) is 12.1 Å². The molecule has 1 unspecified atom stereocenters. The monoisotopic (exact) mass is 362 g/mol. The molecule has 1 aromatic carbocycles. The van der Waals surface area contributed by atoms with Crippen molar-refractivity contribution in [2.75, 3.05) is 0 Å². The summed E-state index contributed by atoms with van der Waals surface area (Å²) in [4.78, 5) is 11.9. The molecule has 0 bridgehead atoms. The van der Waals surface area contributed by atoms with Crippen molar-refractivity contribution in [3.05, 3.63) is 26.7 Å². The molecular weight excluding hydrogens is 351 g/mol. The van der Waals surface area contributed by atoms with Gasteiger partial charge in [-0.3, -0.25) is 4.79 Å². The molecule has 1 spiro atoms. The van der Waals surface area contributed by atoms with Gasteiger partial charge in [-0.2, -0.15) is 0 Å². The lowest BCUT2D eigenvalue weighted by molar-refractivity contribution is -0.151. The van der Waals surface area contributed by atoms with Gasteiger partial charge in [-0.25, -0.2) is 0 Å². The number of Topliss-reactive ketones (excluding diaryl/α,β-unsaturated/α-hetero) is 1. The summed E-state index contributed by atoms with van der Waals surface area (Å²) < 4.78 is 6.71. The van der Waals surface area contributed by atoms with Gasteiger partial charge in [0.15, 0.2) is 0 Å². The van der Waals surface area contributed by atoms with Gasteiger partial charge in [0.1, 0.15) is 17.6 Å². The van der Waals surface area contributed by atoms with Crippen molar-refractivity contribution in [2.24, 2.45) is 5.41 Å². The van der Waals surface area contributed by atoms with Gasteiger partial charge in [0.25, 0.3) is 0 Å². The van der Waals surface area contributed by atoms with E-state index in [4.69, 9.17) is 27.9 Å². The highest BCUT2D eigenvalue weighted by molar-refractivity contribution is 9.10. The van der Waals surface area contributed by atoms with Gasteiger partial charge in [0.05, 0.1) is 15.5 Å². The highest BCUT2D eigenvalue weighted by Crippen LogP contribution is 2.52. The zero-order valence-electron chi connectivity index (χ0n) is 10.2. The second-order valence-corrected chi connectivity index (χ2v) is 6.96. The SMILES string of the molecule is O=C1CC(Oc2cc(Cl)c(Br)cc2Cl)C12CCCC2. The van der Waals surface area contributed by atoms with Crippen molar-refractivity contribution in [1.82, 2.24) is 0 Å². The van der Waals surface area contributed by atoms with Gasteiger partial charge in [0.2, 0.25) is 0 Å². The lowest BCUT2D eigenvalue weighted by atomic mass is 9.63. The van der Waals surface area contributed by atoms with Gasteiger partial charge < -0.3 is 4.74 Å². The van der Waals surface area contributed by atoms with Crippen LogP contribution in [0.4, 0.5) is 0 Å². The Bertz CT molecular complexity index is 538. The van der Waals surface area contributed by atoms with Gasteiger partial charge >= 0.3 is 0 Å². The highest BCUT2D eigenvalue weighted by Gasteiger charge is 2.57. The first-order valence-corrected chi connectivity index (χ1v) is 7.92. The number of carbonyl (C=O) groups excluding carboxylic acids is 1. The molecule has 0 saturated heterocycles. The number of ether oxygens (including phenoxy) is 1. The van der Waals surface area contributed by atoms with Crippen molar-refractivity contribution < 1.29 is 9.53 Å². The molecule has 0 aromatic heterocycles. The summed E-state index contributed by atoms with van der Waals surface area (Å²) >= 11 is 15.5. The number of hydrogen-bond acceptors (Lipinski definition) is 2. The smallest absolute Gasteiger partial charge is 0.146 e. The number of benzene rings is 1. The van der Waals surface area contributed by atoms with Gasteiger partial charge in [-0.1, -0.05) is 36.0 Å². The quantitative estimate of drug-likeness (QED) is 0.688. The molecule has 5 heteroatoms. The first kappa shape index (κ1) is 13.7. The van der Waals surface area contributed by atoms with Crippen LogP contribution in [0.1, 0.15) is 32.1 Å². The Kier molecular flexibility index (Phi) is 3.57. The molecule has 0 heterocycles. The van der Waals surface area contributed by atoms with Crippen LogP contribution in [0, 0.1) is 5.41 Å². The van der Waals surface area contributed by atoms with Crippen molar-refractivity contribution in [3.63, 3.8) is 0 Å². The molecule has 0 amide bonds. The standard InChI is InChI=1S/C14H13BrCl2O2/c15-8-5-10(17)11(6-9(8)16)19-13-7-12(18)14(13)3-1-2-4-14/h5-6,13H,1-4,7H2. The summed E-state index contributed by atoms with van der Waals surface area (Å²) in [6.45, 7) is 0. The van der Waals surface area contributed by atoms with Crippen LogP contribution < -0.4 is 4.74 Å². The molecule has 1 atom stereocenters. The van der Waals surface area contributed by atoms with Crippen molar-refractivity contribution >= 4 is 44.9 Å². The lowest BCUT2D eigenvalue weighted by Gasteiger charge is -2.44. The van der Waals surface area contributed by atoms with Gasteiger partial charge in [-0.05, 0) is 34.8 Å². The first-order valence-electron chi connectivity index (χ1n) is 6.37. The van der Waals surface area contributed by atoms with E-state index < -0.39 is 0 Å². The summed E-state index contributed by atoms with van der Waals surface area (Å²) in [5.41, 5.74) is -0.247. The number of ketones is 1. The van der Waals surface area contributed by atoms with E-state index in [0.717, 1.165) is 30.2 Å². The zero-order chi connectivity index (χ0) is 13.6. The lowest BCUT2D eigenvalue weighted by Crippen LogP contribution is -2.55. The molecule has 2 aliphatic rings. The average molecular weight is 364 g/mol. The maximum Gasteiger partial charge on any atom is 0.146 e. The third-order valence-corrected chi connectivity index (χ3v) is 5.77.